The standard InChI is InChI=1S/C24H20F3N3O3S2/c1-32-12-17-13-35-20-10-16(5-6-19(20)33-17)30-22(34)29(21(31)23(30)7-2-8-23)15-4-3-14(11-28)18(9-15)24(25,26)27/h3-6,9-10,17H,2,7-8,12-13H2,1H3/t17-/m1/s1. The van der Waals surface area contributed by atoms with Gasteiger partial charge in [-0.05, 0) is 67.9 Å². The van der Waals surface area contributed by atoms with Gasteiger partial charge >= 0.3 is 6.18 Å². The van der Waals surface area contributed by atoms with Crippen LogP contribution in [0, 0.1) is 11.3 Å². The first-order chi connectivity index (χ1) is 16.7. The molecule has 0 bridgehead atoms. The zero-order valence-electron chi connectivity index (χ0n) is 18.6. The van der Waals surface area contributed by atoms with Gasteiger partial charge in [-0.25, -0.2) is 0 Å². The molecule has 0 aromatic heterocycles. The molecule has 2 aromatic carbocycles. The van der Waals surface area contributed by atoms with E-state index in [1.807, 2.05) is 18.2 Å². The van der Waals surface area contributed by atoms with Crippen molar-refractivity contribution in [3.63, 3.8) is 0 Å². The van der Waals surface area contributed by atoms with Crippen LogP contribution in [0.3, 0.4) is 0 Å². The summed E-state index contributed by atoms with van der Waals surface area (Å²) in [6, 6.07) is 10.4. The number of thiocarbonyl (C=S) groups is 1. The molecule has 0 radical (unpaired) electrons. The number of alkyl halides is 3. The number of methoxy groups -OCH3 is 1. The molecule has 1 spiro atoms. The summed E-state index contributed by atoms with van der Waals surface area (Å²) in [5, 5.41) is 9.24. The molecule has 6 nitrogen and oxygen atoms in total. The lowest BCUT2D eigenvalue weighted by Gasteiger charge is -2.43. The number of nitriles is 1. The Morgan fingerprint density at radius 3 is 2.63 bits per heavy atom. The maximum atomic E-state index is 13.6. The number of benzene rings is 2. The number of rotatable bonds is 4. The summed E-state index contributed by atoms with van der Waals surface area (Å²) in [6.45, 7) is 0.474. The number of hydrogen-bond donors (Lipinski definition) is 0. The summed E-state index contributed by atoms with van der Waals surface area (Å²) >= 11 is 7.30. The average molecular weight is 520 g/mol. The molecule has 1 saturated heterocycles. The fourth-order valence-corrected chi connectivity index (χ4v) is 6.18. The van der Waals surface area contributed by atoms with Crippen molar-refractivity contribution in [2.75, 3.05) is 29.3 Å². The number of thioether (sulfide) groups is 1. The van der Waals surface area contributed by atoms with Crippen LogP contribution in [0.4, 0.5) is 24.5 Å². The highest BCUT2D eigenvalue weighted by molar-refractivity contribution is 7.99. The molecule has 182 valence electrons. The van der Waals surface area contributed by atoms with E-state index < -0.39 is 22.8 Å². The predicted molar refractivity (Wildman–Crippen MR) is 129 cm³/mol. The molecule has 1 amide bonds. The van der Waals surface area contributed by atoms with Crippen LogP contribution in [0.2, 0.25) is 0 Å². The van der Waals surface area contributed by atoms with Crippen molar-refractivity contribution in [3.05, 3.63) is 47.5 Å². The number of carbonyl (C=O) groups is 1. The minimum atomic E-state index is -4.74. The van der Waals surface area contributed by atoms with Gasteiger partial charge in [0.2, 0.25) is 0 Å². The summed E-state index contributed by atoms with van der Waals surface area (Å²) in [5.41, 5.74) is -1.85. The lowest BCUT2D eigenvalue weighted by atomic mass is 9.75. The minimum absolute atomic E-state index is 0.00169. The van der Waals surface area contributed by atoms with Gasteiger partial charge < -0.3 is 14.4 Å². The Balaban J connectivity index is 1.53. The molecule has 2 heterocycles. The molecular formula is C24H20F3N3O3S2. The Kier molecular flexibility index (Phi) is 5.94. The molecule has 1 saturated carbocycles. The number of nitrogens with zero attached hydrogens (tertiary/aromatic N) is 3. The van der Waals surface area contributed by atoms with E-state index >= 15 is 0 Å². The molecule has 1 atom stereocenters. The summed E-state index contributed by atoms with van der Waals surface area (Å²) in [6.07, 6.45) is -2.91. The zero-order valence-corrected chi connectivity index (χ0v) is 20.2. The number of carbonyl (C=O) groups excluding carboxylic acids is 1. The van der Waals surface area contributed by atoms with Gasteiger partial charge in [0, 0.05) is 18.6 Å². The van der Waals surface area contributed by atoms with Gasteiger partial charge in [0.25, 0.3) is 5.91 Å². The molecule has 2 fully saturated rings. The fraction of sp³-hybridized carbons (Fsp3) is 0.375. The third kappa shape index (κ3) is 3.84. The molecule has 3 aliphatic rings. The van der Waals surface area contributed by atoms with Gasteiger partial charge in [-0.3, -0.25) is 9.69 Å². The Bertz CT molecular complexity index is 1260. The summed E-state index contributed by atoms with van der Waals surface area (Å²) in [7, 11) is 1.62. The third-order valence-corrected chi connectivity index (χ3v) is 8.07. The average Bonchev–Trinajstić information content (AvgIpc) is 3.04. The molecule has 0 unspecified atom stereocenters. The summed E-state index contributed by atoms with van der Waals surface area (Å²) in [5.74, 6) is 1.06. The summed E-state index contributed by atoms with van der Waals surface area (Å²) < 4.78 is 51.9. The number of anilines is 2. The van der Waals surface area contributed by atoms with Crippen LogP contribution in [-0.2, 0) is 15.7 Å². The van der Waals surface area contributed by atoms with Gasteiger partial charge in [-0.15, -0.1) is 11.8 Å². The van der Waals surface area contributed by atoms with Crippen LogP contribution in [-0.4, -0.2) is 42.1 Å². The van der Waals surface area contributed by atoms with Crippen LogP contribution in [0.5, 0.6) is 5.75 Å². The first-order valence-electron chi connectivity index (χ1n) is 10.9. The minimum Gasteiger partial charge on any atom is -0.486 e. The van der Waals surface area contributed by atoms with Crippen molar-refractivity contribution in [1.82, 2.24) is 0 Å². The van der Waals surface area contributed by atoms with E-state index in [9.17, 15) is 18.0 Å². The van der Waals surface area contributed by atoms with Crippen LogP contribution in [0.25, 0.3) is 0 Å². The van der Waals surface area contributed by atoms with Crippen molar-refractivity contribution in [1.29, 1.82) is 5.26 Å². The fourth-order valence-electron chi connectivity index (χ4n) is 4.72. The second-order valence-corrected chi connectivity index (χ2v) is 10.0. The molecule has 35 heavy (non-hydrogen) atoms. The largest absolute Gasteiger partial charge is 0.486 e. The van der Waals surface area contributed by atoms with Gasteiger partial charge in [0.05, 0.1) is 34.4 Å². The third-order valence-electron chi connectivity index (χ3n) is 6.54. The number of hydrogen-bond acceptors (Lipinski definition) is 6. The first-order valence-corrected chi connectivity index (χ1v) is 12.3. The molecule has 0 N–H and O–H groups in total. The van der Waals surface area contributed by atoms with E-state index in [-0.39, 0.29) is 22.8 Å². The molecule has 2 aliphatic heterocycles. The van der Waals surface area contributed by atoms with Crippen LogP contribution in [0.1, 0.15) is 30.4 Å². The van der Waals surface area contributed by atoms with E-state index in [0.717, 1.165) is 23.4 Å². The molecule has 5 rings (SSSR count). The molecule has 1 aliphatic carbocycles. The van der Waals surface area contributed by atoms with E-state index in [4.69, 9.17) is 27.0 Å². The Morgan fingerprint density at radius 1 is 1.26 bits per heavy atom. The lowest BCUT2D eigenvalue weighted by Crippen LogP contribution is -2.55. The van der Waals surface area contributed by atoms with E-state index in [1.54, 1.807) is 29.8 Å². The number of fused-ring (bicyclic) bond motifs is 1. The Morgan fingerprint density at radius 2 is 2.00 bits per heavy atom. The van der Waals surface area contributed by atoms with E-state index in [0.29, 0.717) is 36.6 Å². The van der Waals surface area contributed by atoms with Crippen LogP contribution >= 0.6 is 24.0 Å². The van der Waals surface area contributed by atoms with E-state index in [1.165, 1.54) is 11.0 Å². The smallest absolute Gasteiger partial charge is 0.417 e. The van der Waals surface area contributed by atoms with Crippen LogP contribution in [0.15, 0.2) is 41.3 Å². The number of ether oxygens (including phenoxy) is 2. The Hall–Kier alpha value is -2.81. The zero-order chi connectivity index (χ0) is 25.0. The number of halogens is 3. The number of amides is 1. The Labute approximate surface area is 209 Å². The molecule has 11 heteroatoms. The molecular weight excluding hydrogens is 499 g/mol. The maximum absolute atomic E-state index is 13.6. The quantitative estimate of drug-likeness (QED) is 0.519. The van der Waals surface area contributed by atoms with Gasteiger partial charge in [0.15, 0.2) is 5.11 Å². The van der Waals surface area contributed by atoms with Crippen molar-refractivity contribution in [2.45, 2.75) is 42.0 Å². The van der Waals surface area contributed by atoms with Crippen molar-refractivity contribution in [2.24, 2.45) is 0 Å². The highest BCUT2D eigenvalue weighted by Crippen LogP contribution is 2.50. The maximum Gasteiger partial charge on any atom is 0.417 e. The van der Waals surface area contributed by atoms with Crippen molar-refractivity contribution in [3.8, 4) is 11.8 Å². The predicted octanol–water partition coefficient (Wildman–Crippen LogP) is 5.14. The molecule has 2 aromatic rings. The second-order valence-electron chi connectivity index (χ2n) is 8.62. The summed E-state index contributed by atoms with van der Waals surface area (Å²) in [4.78, 5) is 17.5. The van der Waals surface area contributed by atoms with E-state index in [2.05, 4.69) is 0 Å². The highest BCUT2D eigenvalue weighted by atomic mass is 32.2. The lowest BCUT2D eigenvalue weighted by molar-refractivity contribution is -0.137. The topological polar surface area (TPSA) is 65.8 Å². The highest BCUT2D eigenvalue weighted by Gasteiger charge is 2.59. The van der Waals surface area contributed by atoms with Crippen LogP contribution < -0.4 is 14.5 Å². The van der Waals surface area contributed by atoms with Crippen molar-refractivity contribution < 1.29 is 27.4 Å². The monoisotopic (exact) mass is 519 g/mol. The van der Waals surface area contributed by atoms with Gasteiger partial charge in [-0.1, -0.05) is 0 Å². The normalized spacial score (nSPS) is 20.9. The SMILES string of the molecule is COC[C@@H]1CSc2cc(N3C(=S)N(c4ccc(C#N)c(C(F)(F)F)c4)C(=O)C34CCC4)ccc2O1. The van der Waals surface area contributed by atoms with Gasteiger partial charge in [0.1, 0.15) is 17.4 Å². The first kappa shape index (κ1) is 23.9. The van der Waals surface area contributed by atoms with Gasteiger partial charge in [-0.2, -0.15) is 18.4 Å². The second kappa shape index (κ2) is 8.69. The van der Waals surface area contributed by atoms with Crippen molar-refractivity contribution >= 4 is 46.4 Å².